The fourth-order valence-electron chi connectivity index (χ4n) is 3.19. The number of aliphatic hydroxyl groups excluding tert-OH is 2. The van der Waals surface area contributed by atoms with Gasteiger partial charge in [-0.05, 0) is 25.7 Å². The fraction of sp³-hybridized carbons (Fsp3) is 0.682. The molecule has 4 amide bonds. The van der Waals surface area contributed by atoms with Crippen LogP contribution in [0.4, 0.5) is 0 Å². The molecule has 0 saturated heterocycles. The van der Waals surface area contributed by atoms with Crippen LogP contribution in [-0.2, 0) is 33.6 Å². The van der Waals surface area contributed by atoms with Gasteiger partial charge in [0.05, 0.1) is 25.2 Å². The maximum atomic E-state index is 12.7. The van der Waals surface area contributed by atoms with Crippen LogP contribution in [0.5, 0.6) is 0 Å². The lowest BCUT2D eigenvalue weighted by molar-refractivity contribution is -0.147. The molecule has 0 aromatic carbocycles. The zero-order valence-electron chi connectivity index (χ0n) is 21.7. The van der Waals surface area contributed by atoms with Crippen molar-refractivity contribution in [2.45, 2.75) is 82.8 Å². The van der Waals surface area contributed by atoms with Gasteiger partial charge in [-0.25, -0.2) is 4.79 Å². The number of carbonyl (C=O) groups excluding carboxylic acids is 4. The Morgan fingerprint density at radius 3 is 1.67 bits per heavy atom. The maximum absolute atomic E-state index is 12.7. The summed E-state index contributed by atoms with van der Waals surface area (Å²) < 4.78 is 0. The van der Waals surface area contributed by atoms with Gasteiger partial charge >= 0.3 is 17.9 Å². The molecule has 11 N–H and O–H groups in total. The average Bonchev–Trinajstić information content (AvgIpc) is 2.81. The molecule has 17 nitrogen and oxygen atoms in total. The van der Waals surface area contributed by atoms with Crippen molar-refractivity contribution in [3.63, 3.8) is 0 Å². The van der Waals surface area contributed by atoms with Crippen LogP contribution in [0.25, 0.3) is 0 Å². The first-order valence-corrected chi connectivity index (χ1v) is 11.9. The van der Waals surface area contributed by atoms with Crippen LogP contribution in [0.15, 0.2) is 0 Å². The smallest absolute Gasteiger partial charge is 0.326 e. The number of nitrogens with two attached hydrogens (primary N) is 1. The molecule has 0 spiro atoms. The number of rotatable bonds is 18. The Labute approximate surface area is 223 Å². The van der Waals surface area contributed by atoms with Crippen molar-refractivity contribution in [1.82, 2.24) is 21.3 Å². The zero-order valence-corrected chi connectivity index (χ0v) is 21.7. The van der Waals surface area contributed by atoms with Gasteiger partial charge in [0, 0.05) is 6.42 Å². The molecule has 0 aromatic rings. The molecule has 17 heteroatoms. The number of amides is 4. The molecule has 0 aliphatic carbocycles. The molecule has 0 aliphatic rings. The molecular weight excluding hydrogens is 526 g/mol. The molecule has 0 fully saturated rings. The molecule has 39 heavy (non-hydrogen) atoms. The Morgan fingerprint density at radius 2 is 1.23 bits per heavy atom. The van der Waals surface area contributed by atoms with Gasteiger partial charge in [0.25, 0.3) is 0 Å². The number of carboxylic acid groups (broad SMARTS) is 3. The van der Waals surface area contributed by atoms with Crippen LogP contribution in [0.3, 0.4) is 0 Å². The molecule has 0 heterocycles. The fourth-order valence-corrected chi connectivity index (χ4v) is 3.19. The summed E-state index contributed by atoms with van der Waals surface area (Å²) >= 11 is 0. The summed E-state index contributed by atoms with van der Waals surface area (Å²) in [5.41, 5.74) is 5.78. The van der Waals surface area contributed by atoms with E-state index in [9.17, 15) is 43.8 Å². The van der Waals surface area contributed by atoms with E-state index in [1.54, 1.807) is 0 Å². The van der Waals surface area contributed by atoms with E-state index in [0.717, 1.165) is 0 Å². The first-order chi connectivity index (χ1) is 18.0. The quantitative estimate of drug-likeness (QED) is 0.0763. The molecule has 0 aromatic heterocycles. The summed E-state index contributed by atoms with van der Waals surface area (Å²) in [5.74, 6) is -8.86. The van der Waals surface area contributed by atoms with Crippen molar-refractivity contribution < 1.29 is 59.1 Å². The van der Waals surface area contributed by atoms with Gasteiger partial charge in [-0.15, -0.1) is 0 Å². The second-order valence-electron chi connectivity index (χ2n) is 9.20. The van der Waals surface area contributed by atoms with Crippen LogP contribution < -0.4 is 27.0 Å². The summed E-state index contributed by atoms with van der Waals surface area (Å²) in [7, 11) is 0. The van der Waals surface area contributed by atoms with E-state index >= 15 is 0 Å². The Kier molecular flexibility index (Phi) is 15.2. The number of hydrogen-bond acceptors (Lipinski definition) is 10. The SMILES string of the molecule is CC(C)C[C@H](N)C(=O)N[C@H](C(=O)N[C@@H](CO)C(=O)N[C@@H](CCC(=O)O)C(=O)N[C@@H](CC(=O)O)C(=O)O)[C@@H](C)O. The van der Waals surface area contributed by atoms with Crippen LogP contribution in [0.2, 0.25) is 0 Å². The van der Waals surface area contributed by atoms with Crippen molar-refractivity contribution in [1.29, 1.82) is 0 Å². The van der Waals surface area contributed by atoms with E-state index in [1.165, 1.54) is 6.92 Å². The van der Waals surface area contributed by atoms with Crippen molar-refractivity contribution in [3.05, 3.63) is 0 Å². The molecule has 6 atom stereocenters. The third kappa shape index (κ3) is 13.5. The van der Waals surface area contributed by atoms with Gasteiger partial charge in [-0.2, -0.15) is 0 Å². The van der Waals surface area contributed by atoms with Gasteiger partial charge in [0.1, 0.15) is 24.2 Å². The van der Waals surface area contributed by atoms with E-state index < -0.39 is 104 Å². The monoisotopic (exact) mass is 563 g/mol. The minimum absolute atomic E-state index is 0.0493. The standard InChI is InChI=1S/C22H37N5O12/c1-9(2)6-11(23)18(34)27-17(10(3)29)21(37)26-14(8-28)20(36)24-12(4-5-15(30)31)19(35)25-13(22(38)39)7-16(32)33/h9-14,17,28-29H,4-8,23H2,1-3H3,(H,24,36)(H,25,35)(H,26,37)(H,27,34)(H,30,31)(H,32,33)(H,38,39)/t10-,11+,12+,13+,14+,17+/m1/s1. The van der Waals surface area contributed by atoms with Gasteiger partial charge in [-0.1, -0.05) is 13.8 Å². The molecule has 0 aliphatic heterocycles. The normalized spacial score (nSPS) is 15.6. The lowest BCUT2D eigenvalue weighted by Gasteiger charge is -2.26. The van der Waals surface area contributed by atoms with Crippen molar-refractivity contribution in [3.8, 4) is 0 Å². The third-order valence-electron chi connectivity index (χ3n) is 5.21. The molecule has 0 unspecified atom stereocenters. The number of aliphatic carboxylic acids is 3. The molecule has 0 saturated carbocycles. The zero-order chi connectivity index (χ0) is 30.4. The largest absolute Gasteiger partial charge is 0.481 e. The van der Waals surface area contributed by atoms with E-state index in [-0.39, 0.29) is 12.3 Å². The van der Waals surface area contributed by atoms with E-state index in [4.69, 9.17) is 21.1 Å². The van der Waals surface area contributed by atoms with E-state index in [2.05, 4.69) is 16.0 Å². The third-order valence-corrected chi connectivity index (χ3v) is 5.21. The molecule has 0 rings (SSSR count). The summed E-state index contributed by atoms with van der Waals surface area (Å²) in [6.45, 7) is 3.77. The first kappa shape index (κ1) is 35.2. The Bertz CT molecular complexity index is 910. The number of carboxylic acids is 3. The highest BCUT2D eigenvalue weighted by Crippen LogP contribution is 2.05. The van der Waals surface area contributed by atoms with Crippen molar-refractivity contribution in [2.24, 2.45) is 11.7 Å². The van der Waals surface area contributed by atoms with E-state index in [0.29, 0.717) is 0 Å². The Balaban J connectivity index is 5.61. The van der Waals surface area contributed by atoms with Crippen LogP contribution >= 0.6 is 0 Å². The minimum atomic E-state index is -1.90. The Hall–Kier alpha value is -3.83. The predicted octanol–water partition coefficient (Wildman–Crippen LogP) is -3.90. The van der Waals surface area contributed by atoms with Crippen molar-refractivity contribution in [2.75, 3.05) is 6.61 Å². The van der Waals surface area contributed by atoms with Gasteiger partial charge in [-0.3, -0.25) is 28.8 Å². The lowest BCUT2D eigenvalue weighted by Crippen LogP contribution is -2.61. The highest BCUT2D eigenvalue weighted by molar-refractivity contribution is 5.96. The summed E-state index contributed by atoms with van der Waals surface area (Å²) in [5, 5.41) is 54.8. The maximum Gasteiger partial charge on any atom is 0.326 e. The topological polar surface area (TPSA) is 295 Å². The first-order valence-electron chi connectivity index (χ1n) is 11.9. The molecule has 0 radical (unpaired) electrons. The van der Waals surface area contributed by atoms with Crippen molar-refractivity contribution >= 4 is 41.5 Å². The molecular formula is C22H37N5O12. The lowest BCUT2D eigenvalue weighted by atomic mass is 10.0. The average molecular weight is 564 g/mol. The van der Waals surface area contributed by atoms with E-state index in [1.807, 2.05) is 19.2 Å². The van der Waals surface area contributed by atoms with Gasteiger partial charge in [0.15, 0.2) is 0 Å². The molecule has 0 bridgehead atoms. The Morgan fingerprint density at radius 1 is 0.718 bits per heavy atom. The van der Waals surface area contributed by atoms with Crippen LogP contribution in [0, 0.1) is 5.92 Å². The molecule has 222 valence electrons. The second kappa shape index (κ2) is 16.9. The predicted molar refractivity (Wildman–Crippen MR) is 131 cm³/mol. The second-order valence-corrected chi connectivity index (χ2v) is 9.20. The number of carbonyl (C=O) groups is 7. The summed E-state index contributed by atoms with van der Waals surface area (Å²) in [6, 6.07) is -7.94. The number of nitrogens with one attached hydrogen (secondary N) is 4. The van der Waals surface area contributed by atoms with Crippen LogP contribution in [-0.4, -0.2) is 110 Å². The number of aliphatic hydroxyl groups is 2. The van der Waals surface area contributed by atoms with Crippen LogP contribution in [0.1, 0.15) is 46.5 Å². The minimum Gasteiger partial charge on any atom is -0.481 e. The number of hydrogen-bond donors (Lipinski definition) is 10. The summed E-state index contributed by atoms with van der Waals surface area (Å²) in [4.78, 5) is 83.4. The van der Waals surface area contributed by atoms with Gasteiger partial charge < -0.3 is 52.5 Å². The van der Waals surface area contributed by atoms with Gasteiger partial charge in [0.2, 0.25) is 23.6 Å². The highest BCUT2D eigenvalue weighted by Gasteiger charge is 2.33. The highest BCUT2D eigenvalue weighted by atomic mass is 16.4. The summed E-state index contributed by atoms with van der Waals surface area (Å²) in [6.07, 6.45) is -3.42.